The molecular formula is C14H18N4O. The largest absolute Gasteiger partial charge is 0.398 e. The predicted molar refractivity (Wildman–Crippen MR) is 74.7 cm³/mol. The van der Waals surface area contributed by atoms with Crippen LogP contribution in [0.25, 0.3) is 0 Å². The minimum absolute atomic E-state index is 0.0367. The number of carbonyl (C=O) groups excluding carboxylic acids is 1. The highest BCUT2D eigenvalue weighted by atomic mass is 16.2. The summed E-state index contributed by atoms with van der Waals surface area (Å²) in [6, 6.07) is 3.69. The van der Waals surface area contributed by atoms with Crippen molar-refractivity contribution < 1.29 is 4.79 Å². The van der Waals surface area contributed by atoms with Gasteiger partial charge in [-0.3, -0.25) is 9.89 Å². The fourth-order valence-electron chi connectivity index (χ4n) is 2.01. The highest BCUT2D eigenvalue weighted by Gasteiger charge is 2.15. The van der Waals surface area contributed by atoms with E-state index in [-0.39, 0.29) is 5.91 Å². The van der Waals surface area contributed by atoms with Crippen molar-refractivity contribution in [2.75, 3.05) is 12.8 Å². The molecule has 1 aromatic carbocycles. The van der Waals surface area contributed by atoms with E-state index in [1.54, 1.807) is 30.4 Å². The Bertz CT molecular complexity index is 590. The second-order valence-corrected chi connectivity index (χ2v) is 4.79. The molecule has 1 heterocycles. The molecule has 0 aliphatic rings. The van der Waals surface area contributed by atoms with E-state index in [2.05, 4.69) is 10.2 Å². The number of nitrogens with zero attached hydrogens (tertiary/aromatic N) is 2. The molecule has 5 nitrogen and oxygen atoms in total. The zero-order valence-corrected chi connectivity index (χ0v) is 11.4. The first-order chi connectivity index (χ1) is 8.99. The van der Waals surface area contributed by atoms with Gasteiger partial charge in [0.25, 0.3) is 5.91 Å². The van der Waals surface area contributed by atoms with Crippen LogP contribution < -0.4 is 5.73 Å². The second-order valence-electron chi connectivity index (χ2n) is 4.79. The molecule has 100 valence electrons. The number of aromatic nitrogens is 2. The molecule has 3 N–H and O–H groups in total. The van der Waals surface area contributed by atoms with E-state index >= 15 is 0 Å². The fraction of sp³-hybridized carbons (Fsp3) is 0.286. The van der Waals surface area contributed by atoms with E-state index in [4.69, 9.17) is 5.73 Å². The summed E-state index contributed by atoms with van der Waals surface area (Å²) in [4.78, 5) is 14.0. The van der Waals surface area contributed by atoms with Gasteiger partial charge >= 0.3 is 0 Å². The first-order valence-electron chi connectivity index (χ1n) is 6.09. The maximum absolute atomic E-state index is 12.4. The van der Waals surface area contributed by atoms with E-state index in [9.17, 15) is 4.79 Å². The van der Waals surface area contributed by atoms with Gasteiger partial charge in [0.2, 0.25) is 0 Å². The second kappa shape index (κ2) is 5.14. The average Bonchev–Trinajstić information content (AvgIpc) is 2.85. The number of anilines is 1. The van der Waals surface area contributed by atoms with Crippen LogP contribution in [0.15, 0.2) is 24.5 Å². The van der Waals surface area contributed by atoms with Crippen LogP contribution in [0.2, 0.25) is 0 Å². The van der Waals surface area contributed by atoms with Crippen molar-refractivity contribution in [1.82, 2.24) is 15.1 Å². The van der Waals surface area contributed by atoms with Gasteiger partial charge in [-0.05, 0) is 31.0 Å². The Morgan fingerprint density at radius 1 is 1.37 bits per heavy atom. The van der Waals surface area contributed by atoms with Gasteiger partial charge in [0, 0.05) is 36.6 Å². The van der Waals surface area contributed by atoms with E-state index in [1.807, 2.05) is 19.9 Å². The molecule has 19 heavy (non-hydrogen) atoms. The fourth-order valence-corrected chi connectivity index (χ4v) is 2.01. The van der Waals surface area contributed by atoms with Gasteiger partial charge in [0.05, 0.1) is 6.20 Å². The molecule has 0 spiro atoms. The molecule has 0 fully saturated rings. The highest BCUT2D eigenvalue weighted by Crippen LogP contribution is 2.19. The minimum Gasteiger partial charge on any atom is -0.398 e. The van der Waals surface area contributed by atoms with Crippen LogP contribution in [-0.4, -0.2) is 28.1 Å². The average molecular weight is 258 g/mol. The lowest BCUT2D eigenvalue weighted by atomic mass is 10.0. The number of nitrogens with two attached hydrogens (primary N) is 1. The number of amides is 1. The molecule has 5 heteroatoms. The van der Waals surface area contributed by atoms with Gasteiger partial charge in [-0.2, -0.15) is 5.10 Å². The lowest BCUT2D eigenvalue weighted by molar-refractivity contribution is 0.0784. The molecule has 0 atom stereocenters. The Balaban J connectivity index is 2.21. The molecule has 0 saturated carbocycles. The summed E-state index contributed by atoms with van der Waals surface area (Å²) >= 11 is 0. The molecule has 0 radical (unpaired) electrons. The van der Waals surface area contributed by atoms with Crippen LogP contribution >= 0.6 is 0 Å². The molecule has 0 aliphatic carbocycles. The van der Waals surface area contributed by atoms with Crippen molar-refractivity contribution in [3.63, 3.8) is 0 Å². The summed E-state index contributed by atoms with van der Waals surface area (Å²) in [5, 5.41) is 6.60. The van der Waals surface area contributed by atoms with Crippen molar-refractivity contribution >= 4 is 11.6 Å². The molecule has 0 bridgehead atoms. The molecule has 0 aliphatic heterocycles. The number of benzene rings is 1. The Kier molecular flexibility index (Phi) is 3.55. The molecule has 2 aromatic rings. The Hall–Kier alpha value is -2.30. The van der Waals surface area contributed by atoms with Crippen molar-refractivity contribution in [1.29, 1.82) is 0 Å². The summed E-state index contributed by atoms with van der Waals surface area (Å²) in [5.41, 5.74) is 10.1. The van der Waals surface area contributed by atoms with E-state index in [1.165, 1.54) is 0 Å². The number of hydrogen-bond acceptors (Lipinski definition) is 3. The molecule has 0 unspecified atom stereocenters. The zero-order valence-electron chi connectivity index (χ0n) is 11.4. The van der Waals surface area contributed by atoms with Crippen LogP contribution in [0, 0.1) is 13.8 Å². The van der Waals surface area contributed by atoms with Crippen molar-refractivity contribution in [2.45, 2.75) is 20.4 Å². The standard InChI is InChI=1S/C14H18N4O/c1-9-4-10(2)13(15)5-12(9)14(19)18(3)8-11-6-16-17-7-11/h4-7H,8,15H2,1-3H3,(H,16,17). The van der Waals surface area contributed by atoms with Crippen molar-refractivity contribution in [2.24, 2.45) is 0 Å². The molecule has 1 aromatic heterocycles. The molecule has 2 rings (SSSR count). The van der Waals surface area contributed by atoms with Gasteiger partial charge in [-0.15, -0.1) is 0 Å². The topological polar surface area (TPSA) is 75.0 Å². The number of H-pyrrole nitrogens is 1. The smallest absolute Gasteiger partial charge is 0.254 e. The van der Waals surface area contributed by atoms with E-state index < -0.39 is 0 Å². The minimum atomic E-state index is -0.0367. The maximum Gasteiger partial charge on any atom is 0.254 e. The Morgan fingerprint density at radius 3 is 2.74 bits per heavy atom. The first kappa shape index (κ1) is 13.1. The quantitative estimate of drug-likeness (QED) is 0.825. The van der Waals surface area contributed by atoms with E-state index in [0.717, 1.165) is 16.7 Å². The number of carbonyl (C=O) groups is 1. The number of aromatic amines is 1. The zero-order chi connectivity index (χ0) is 14.0. The van der Waals surface area contributed by atoms with Gasteiger partial charge < -0.3 is 10.6 Å². The molecule has 0 saturated heterocycles. The van der Waals surface area contributed by atoms with Gasteiger partial charge in [0.15, 0.2) is 0 Å². The molecule has 1 amide bonds. The third-order valence-electron chi connectivity index (χ3n) is 3.16. The third kappa shape index (κ3) is 2.76. The van der Waals surface area contributed by atoms with Crippen LogP contribution in [0.3, 0.4) is 0 Å². The summed E-state index contributed by atoms with van der Waals surface area (Å²) in [6.45, 7) is 4.37. The summed E-state index contributed by atoms with van der Waals surface area (Å²) in [7, 11) is 1.77. The highest BCUT2D eigenvalue weighted by molar-refractivity contribution is 5.96. The Labute approximate surface area is 112 Å². The van der Waals surface area contributed by atoms with Crippen molar-refractivity contribution in [3.8, 4) is 0 Å². The van der Waals surface area contributed by atoms with Gasteiger partial charge in [-0.1, -0.05) is 6.07 Å². The van der Waals surface area contributed by atoms with E-state index in [0.29, 0.717) is 17.8 Å². The van der Waals surface area contributed by atoms with Crippen LogP contribution in [0.1, 0.15) is 27.0 Å². The summed E-state index contributed by atoms with van der Waals surface area (Å²) in [5.74, 6) is -0.0367. The van der Waals surface area contributed by atoms with Gasteiger partial charge in [-0.25, -0.2) is 0 Å². The number of hydrogen-bond donors (Lipinski definition) is 2. The SMILES string of the molecule is Cc1cc(C)c(C(=O)N(C)Cc2cn[nH]c2)cc1N. The lowest BCUT2D eigenvalue weighted by Gasteiger charge is -2.18. The number of nitrogens with one attached hydrogen (secondary N) is 1. The van der Waals surface area contributed by atoms with Crippen LogP contribution in [-0.2, 0) is 6.54 Å². The van der Waals surface area contributed by atoms with Gasteiger partial charge in [0.1, 0.15) is 0 Å². The number of aryl methyl sites for hydroxylation is 2. The number of nitrogen functional groups attached to an aromatic ring is 1. The summed E-state index contributed by atoms with van der Waals surface area (Å²) < 4.78 is 0. The normalized spacial score (nSPS) is 10.5. The monoisotopic (exact) mass is 258 g/mol. The number of rotatable bonds is 3. The Morgan fingerprint density at radius 2 is 2.11 bits per heavy atom. The van der Waals surface area contributed by atoms with Crippen molar-refractivity contribution in [3.05, 3.63) is 46.8 Å². The third-order valence-corrected chi connectivity index (χ3v) is 3.16. The lowest BCUT2D eigenvalue weighted by Crippen LogP contribution is -2.26. The van der Waals surface area contributed by atoms with Crippen LogP contribution in [0.5, 0.6) is 0 Å². The molecular weight excluding hydrogens is 240 g/mol. The predicted octanol–water partition coefficient (Wildman–Crippen LogP) is 1.88. The first-order valence-corrected chi connectivity index (χ1v) is 6.09. The maximum atomic E-state index is 12.4. The van der Waals surface area contributed by atoms with Crippen LogP contribution in [0.4, 0.5) is 5.69 Å². The summed E-state index contributed by atoms with van der Waals surface area (Å²) in [6.07, 6.45) is 3.49.